The smallest absolute Gasteiger partial charge is 0.107 e. The molecule has 0 aromatic carbocycles. The van der Waals surface area contributed by atoms with Gasteiger partial charge in [0, 0.05) is 0 Å². The lowest BCUT2D eigenvalue weighted by Gasteiger charge is -0.153. The Morgan fingerprint density at radius 3 is 0.400 bits per heavy atom. The highest BCUT2D eigenvalue weighted by molar-refractivity contribution is 14.0. The van der Waals surface area contributed by atoms with Gasteiger partial charge in [-0.25, -0.2) is 0 Å². The third kappa shape index (κ3) is 18.7. The summed E-state index contributed by atoms with van der Waals surface area (Å²) in [6.45, 7) is 0. The number of halogens is 4. The van der Waals surface area contributed by atoms with Crippen molar-refractivity contribution in [2.75, 3.05) is 0 Å². The van der Waals surface area contributed by atoms with Crippen LogP contribution in [0.2, 0.25) is 0 Å². The van der Waals surface area contributed by atoms with Gasteiger partial charge in [-0.1, -0.05) is 0 Å². The quantitative estimate of drug-likeness (QED) is 0.324. The van der Waals surface area contributed by atoms with E-state index < -0.39 is 0 Å². The maximum absolute atomic E-state index is 0. The molecule has 0 saturated heterocycles. The number of hydrogen-bond donors (Lipinski definition) is 0. The fourth-order valence-electron chi connectivity index (χ4n) is 0. The van der Waals surface area contributed by atoms with Crippen LogP contribution in [0.3, 0.4) is 0 Å². The fourth-order valence-corrected chi connectivity index (χ4v) is 0. The molecule has 0 aliphatic rings. The molecule has 5 heavy (non-hydrogen) atoms. The fraction of sp³-hybridized carbons (Fsp3) is 0. The van der Waals surface area contributed by atoms with Gasteiger partial charge in [0.2, 0.25) is 0 Å². The molecule has 0 amide bonds. The summed E-state index contributed by atoms with van der Waals surface area (Å²) in [5.74, 6) is 0. The van der Waals surface area contributed by atoms with Crippen LogP contribution in [0.5, 0.6) is 0 Å². The first kappa shape index (κ1) is 40.2. The van der Waals surface area contributed by atoms with Gasteiger partial charge >= 0.3 is 0 Å². The van der Waals surface area contributed by atoms with Crippen molar-refractivity contribution < 1.29 is 0 Å². The molecule has 0 aromatic heterocycles. The molecule has 0 N–H and O–H groups in total. The molecule has 0 aliphatic carbocycles. The molecule has 0 rings (SSSR count). The second-order valence-corrected chi connectivity index (χ2v) is 0. The Kier molecular flexibility index (Phi) is 212. The van der Waals surface area contributed by atoms with Gasteiger partial charge in [-0.05, 0) is 0 Å². The Morgan fingerprint density at radius 2 is 0.400 bits per heavy atom. The third-order valence-corrected chi connectivity index (χ3v) is 0. The van der Waals surface area contributed by atoms with Crippen molar-refractivity contribution >= 4 is 106 Å². The van der Waals surface area contributed by atoms with Crippen molar-refractivity contribution in [2.24, 2.45) is 0 Å². The summed E-state index contributed by atoms with van der Waals surface area (Å²) in [4.78, 5) is 0. The van der Waals surface area contributed by atoms with Crippen LogP contribution in [0, 0.1) is 0 Å². The first-order valence-electron chi connectivity index (χ1n) is 0. The van der Waals surface area contributed by atoms with Crippen LogP contribution in [0.15, 0.2) is 0 Å². The average Bonchev–Trinajstić information content (AvgIpc) is 0. The maximum Gasteiger partial charge on any atom is -0.107 e. The van der Waals surface area contributed by atoms with Gasteiger partial charge in [0.25, 0.3) is 0 Å². The van der Waals surface area contributed by atoms with E-state index in [9.17, 15) is 0 Å². The van der Waals surface area contributed by atoms with Crippen molar-refractivity contribution in [3.63, 3.8) is 0 Å². The summed E-state index contributed by atoms with van der Waals surface area (Å²) in [5.41, 5.74) is 0. The lowest BCUT2D eigenvalue weighted by molar-refractivity contribution is 6.92. The highest BCUT2D eigenvalue weighted by atomic mass is 127. The normalized spacial score (nSPS) is 0. The highest BCUT2D eigenvalue weighted by Gasteiger charge is -0.104. The number of hydrogen-bond acceptors (Lipinski definition) is 0. The van der Waals surface area contributed by atoms with E-state index >= 15 is 0 Å². The molecule has 0 fully saturated rings. The molecule has 0 radical (unpaired) electrons. The van der Waals surface area contributed by atoms with Crippen molar-refractivity contribution in [3.8, 4) is 0 Å². The zero-order valence-electron chi connectivity index (χ0n) is 2.34. The lowest BCUT2D eigenvalue weighted by Crippen LogP contribution is 0.861. The van der Waals surface area contributed by atoms with E-state index in [0.717, 1.165) is 0 Å². The van der Waals surface area contributed by atoms with E-state index in [2.05, 4.69) is 0 Å². The molecule has 5 heteroatoms. The SMILES string of the molecule is I.I.I.I.P. The van der Waals surface area contributed by atoms with E-state index in [4.69, 9.17) is 0 Å². The van der Waals surface area contributed by atoms with Crippen LogP contribution in [0.4, 0.5) is 0 Å². The van der Waals surface area contributed by atoms with Crippen molar-refractivity contribution in [2.45, 2.75) is 0 Å². The topological polar surface area (TPSA) is 0 Å². The molecular weight excluding hydrogens is 539 g/mol. The summed E-state index contributed by atoms with van der Waals surface area (Å²) in [6.07, 6.45) is 0. The van der Waals surface area contributed by atoms with Gasteiger partial charge in [0.15, 0.2) is 0 Å². The summed E-state index contributed by atoms with van der Waals surface area (Å²) in [7, 11) is 0. The molecule has 1 unspecified atom stereocenters. The lowest BCUT2D eigenvalue weighted by atomic mass is 31.0. The predicted octanol–water partition coefficient (Wildman–Crippen LogP) is 2.53. The molecule has 0 aliphatic heterocycles. The average molecular weight is 546 g/mol. The maximum atomic E-state index is 0. The molecule has 0 bridgehead atoms. The van der Waals surface area contributed by atoms with Crippen LogP contribution < -0.4 is 0 Å². The Hall–Kier alpha value is 3.35. The standard InChI is InChI=1S/4HI.H3P/h4*1H;1H3. The second kappa shape index (κ2) is 26.4. The minimum Gasteiger partial charge on any atom is -0.153 e. The Morgan fingerprint density at radius 1 is 0.400 bits per heavy atom. The van der Waals surface area contributed by atoms with Crippen LogP contribution in [0.1, 0.15) is 0 Å². The van der Waals surface area contributed by atoms with Gasteiger partial charge in [-0.2, -0.15) is 9.90 Å². The zero-order valence-corrected chi connectivity index (χ0v) is 13.1. The molecule has 0 spiro atoms. The van der Waals surface area contributed by atoms with E-state index in [1.807, 2.05) is 0 Å². The minimum atomic E-state index is 0. The minimum absolute atomic E-state index is 0. The van der Waals surface area contributed by atoms with Gasteiger partial charge in [-0.3, -0.25) is 0 Å². The molecule has 0 aromatic rings. The second-order valence-electron chi connectivity index (χ2n) is 0. The van der Waals surface area contributed by atoms with Crippen LogP contribution in [0.25, 0.3) is 0 Å². The summed E-state index contributed by atoms with van der Waals surface area (Å²) >= 11 is 0. The highest BCUT2D eigenvalue weighted by Crippen LogP contribution is 0.889. The summed E-state index contributed by atoms with van der Waals surface area (Å²) in [6, 6.07) is 0. The molecule has 1 atom stereocenters. The molecule has 0 heterocycles. The van der Waals surface area contributed by atoms with E-state index in [-0.39, 0.29) is 106 Å². The first-order valence-corrected chi connectivity index (χ1v) is 0. The van der Waals surface area contributed by atoms with Gasteiger partial charge in [0.05, 0.1) is 0 Å². The number of rotatable bonds is 0. The van der Waals surface area contributed by atoms with Crippen LogP contribution >= 0.6 is 106 Å². The summed E-state index contributed by atoms with van der Waals surface area (Å²) in [5, 5.41) is 0. The van der Waals surface area contributed by atoms with Crippen molar-refractivity contribution in [3.05, 3.63) is 0 Å². The van der Waals surface area contributed by atoms with E-state index in [0.29, 0.717) is 0 Å². The Bertz CT molecular complexity index is 3.61. The molecule has 40 valence electrons. The Balaban J connectivity index is 0. The van der Waals surface area contributed by atoms with Crippen molar-refractivity contribution in [1.29, 1.82) is 0 Å². The first-order chi connectivity index (χ1) is 0. The molecule has 0 saturated carbocycles. The molecule has 0 nitrogen and oxygen atoms in total. The monoisotopic (exact) mass is 546 g/mol. The third-order valence-electron chi connectivity index (χ3n) is 0. The largest absolute Gasteiger partial charge is 0.153 e. The van der Waals surface area contributed by atoms with Gasteiger partial charge in [-0.15, -0.1) is 95.9 Å². The van der Waals surface area contributed by atoms with Crippen LogP contribution in [-0.4, -0.2) is 0 Å². The summed E-state index contributed by atoms with van der Waals surface area (Å²) < 4.78 is 0. The van der Waals surface area contributed by atoms with Crippen molar-refractivity contribution in [1.82, 2.24) is 0 Å². The van der Waals surface area contributed by atoms with Crippen LogP contribution in [-0.2, 0) is 0 Å². The van der Waals surface area contributed by atoms with Gasteiger partial charge < -0.3 is 0 Å². The molecular formula is H7I4P. The zero-order chi connectivity index (χ0) is 0. The van der Waals surface area contributed by atoms with E-state index in [1.54, 1.807) is 0 Å². The predicted molar refractivity (Wildman–Crippen MR) is 72.8 cm³/mol. The van der Waals surface area contributed by atoms with Gasteiger partial charge in [0.1, 0.15) is 0 Å². The van der Waals surface area contributed by atoms with E-state index in [1.165, 1.54) is 0 Å². The Labute approximate surface area is 104 Å².